The molecule has 2 amide bonds. The first-order valence-corrected chi connectivity index (χ1v) is 9.23. The minimum absolute atomic E-state index is 0. The number of hydrogen-bond donors (Lipinski definition) is 3. The number of fused-ring (bicyclic) bond motifs is 1. The largest absolute Gasteiger partial charge is 0.353 e. The molecule has 0 bridgehead atoms. The number of carbonyl (C=O) groups is 2. The highest BCUT2D eigenvalue weighted by Crippen LogP contribution is 2.33. The van der Waals surface area contributed by atoms with E-state index in [0.29, 0.717) is 30.7 Å². The van der Waals surface area contributed by atoms with E-state index in [0.717, 1.165) is 18.8 Å². The maximum absolute atomic E-state index is 12.5. The predicted octanol–water partition coefficient (Wildman–Crippen LogP) is 1.72. The highest BCUT2D eigenvalue weighted by molar-refractivity contribution is 5.95. The van der Waals surface area contributed by atoms with Crippen LogP contribution in [0.5, 0.6) is 0 Å². The number of nitrogens with one attached hydrogen (secondary N) is 3. The predicted molar refractivity (Wildman–Crippen MR) is 110 cm³/mol. The summed E-state index contributed by atoms with van der Waals surface area (Å²) in [5.41, 5.74) is 0.701. The first-order valence-electron chi connectivity index (χ1n) is 9.23. The van der Waals surface area contributed by atoms with E-state index in [-0.39, 0.29) is 42.7 Å². The van der Waals surface area contributed by atoms with Gasteiger partial charge in [0.05, 0.1) is 24.5 Å². The Balaban J connectivity index is 0.00000131. The first kappa shape index (κ1) is 21.7. The second-order valence-corrected chi connectivity index (χ2v) is 7.27. The lowest BCUT2D eigenvalue weighted by Crippen LogP contribution is -2.48. The molecule has 9 heteroatoms. The standard InChI is InChI=1S/C18H25N5O2.2ClH/c24-17-11-23(8-7-19-17)16-6-5-13(10-20-16)21-18(25)15-9-12-3-1-2-4-14(12)22-15;;/h5-6,10,12,14-15,22H,1-4,7-9,11H2,(H,19,24)(H,21,25);2*1H. The summed E-state index contributed by atoms with van der Waals surface area (Å²) in [7, 11) is 0. The smallest absolute Gasteiger partial charge is 0.241 e. The van der Waals surface area contributed by atoms with Gasteiger partial charge in [-0.25, -0.2) is 4.98 Å². The van der Waals surface area contributed by atoms with Gasteiger partial charge in [0.2, 0.25) is 11.8 Å². The van der Waals surface area contributed by atoms with Gasteiger partial charge >= 0.3 is 0 Å². The lowest BCUT2D eigenvalue weighted by Gasteiger charge is -2.27. The van der Waals surface area contributed by atoms with Gasteiger partial charge in [-0.1, -0.05) is 12.8 Å². The zero-order valence-corrected chi connectivity index (χ0v) is 16.8. The second-order valence-electron chi connectivity index (χ2n) is 7.27. The SMILES string of the molecule is Cl.Cl.O=C1CN(c2ccc(NC(=O)C3CC4CCCCC4N3)cn2)CCN1. The maximum atomic E-state index is 12.5. The minimum atomic E-state index is -0.0985. The third-order valence-corrected chi connectivity index (χ3v) is 5.56. The second kappa shape index (κ2) is 9.57. The summed E-state index contributed by atoms with van der Waals surface area (Å²) in [6, 6.07) is 4.12. The lowest BCUT2D eigenvalue weighted by atomic mass is 9.85. The highest BCUT2D eigenvalue weighted by atomic mass is 35.5. The van der Waals surface area contributed by atoms with Gasteiger partial charge in [0.25, 0.3) is 0 Å². The van der Waals surface area contributed by atoms with E-state index in [1.54, 1.807) is 6.20 Å². The zero-order valence-electron chi connectivity index (χ0n) is 15.1. The molecule has 2 saturated heterocycles. The van der Waals surface area contributed by atoms with Crippen molar-refractivity contribution in [1.82, 2.24) is 15.6 Å². The van der Waals surface area contributed by atoms with Gasteiger partial charge in [-0.3, -0.25) is 9.59 Å². The Labute approximate surface area is 171 Å². The van der Waals surface area contributed by atoms with Crippen LogP contribution in [0.25, 0.3) is 0 Å². The van der Waals surface area contributed by atoms with E-state index in [9.17, 15) is 9.59 Å². The van der Waals surface area contributed by atoms with Gasteiger partial charge in [-0.05, 0) is 37.3 Å². The van der Waals surface area contributed by atoms with Crippen molar-refractivity contribution in [3.05, 3.63) is 18.3 Å². The molecule has 0 spiro atoms. The van der Waals surface area contributed by atoms with Crippen LogP contribution in [0.15, 0.2) is 18.3 Å². The summed E-state index contributed by atoms with van der Waals surface area (Å²) in [5, 5.41) is 9.27. The molecular weight excluding hydrogens is 389 g/mol. The molecule has 4 rings (SSSR count). The molecule has 3 unspecified atom stereocenters. The van der Waals surface area contributed by atoms with Crippen LogP contribution in [0.1, 0.15) is 32.1 Å². The molecule has 1 aromatic rings. The summed E-state index contributed by atoms with van der Waals surface area (Å²) in [4.78, 5) is 30.3. The van der Waals surface area contributed by atoms with Crippen LogP contribution in [0.2, 0.25) is 0 Å². The Morgan fingerprint density at radius 1 is 1.22 bits per heavy atom. The van der Waals surface area contributed by atoms with Crippen molar-refractivity contribution in [3.8, 4) is 0 Å². The van der Waals surface area contributed by atoms with Crippen LogP contribution in [0.4, 0.5) is 11.5 Å². The van der Waals surface area contributed by atoms with Crippen molar-refractivity contribution in [2.24, 2.45) is 5.92 Å². The summed E-state index contributed by atoms with van der Waals surface area (Å²) < 4.78 is 0. The van der Waals surface area contributed by atoms with Crippen molar-refractivity contribution >= 4 is 48.1 Å². The van der Waals surface area contributed by atoms with E-state index in [4.69, 9.17) is 0 Å². The van der Waals surface area contributed by atoms with Crippen LogP contribution in [0.3, 0.4) is 0 Å². The third-order valence-electron chi connectivity index (χ3n) is 5.56. The average Bonchev–Trinajstić information content (AvgIpc) is 3.07. The molecule has 1 aromatic heterocycles. The van der Waals surface area contributed by atoms with Crippen molar-refractivity contribution in [3.63, 3.8) is 0 Å². The van der Waals surface area contributed by atoms with Gasteiger partial charge in [0.1, 0.15) is 5.82 Å². The van der Waals surface area contributed by atoms with Gasteiger partial charge in [0.15, 0.2) is 0 Å². The molecule has 27 heavy (non-hydrogen) atoms. The van der Waals surface area contributed by atoms with Gasteiger partial charge < -0.3 is 20.9 Å². The molecule has 3 heterocycles. The van der Waals surface area contributed by atoms with E-state index in [1.807, 2.05) is 17.0 Å². The van der Waals surface area contributed by atoms with E-state index in [1.165, 1.54) is 25.7 Å². The summed E-state index contributed by atoms with van der Waals surface area (Å²) in [5.74, 6) is 1.45. The number of hydrogen-bond acceptors (Lipinski definition) is 5. The minimum Gasteiger partial charge on any atom is -0.353 e. The number of nitrogens with zero attached hydrogens (tertiary/aromatic N) is 2. The van der Waals surface area contributed by atoms with Gasteiger partial charge in [0, 0.05) is 19.1 Å². The normalized spacial score (nSPS) is 26.9. The average molecular weight is 416 g/mol. The summed E-state index contributed by atoms with van der Waals surface area (Å²) in [6.07, 6.45) is 7.58. The van der Waals surface area contributed by atoms with Crippen LogP contribution in [0, 0.1) is 5.92 Å². The molecule has 1 aliphatic carbocycles. The van der Waals surface area contributed by atoms with Gasteiger partial charge in [-0.15, -0.1) is 24.8 Å². The van der Waals surface area contributed by atoms with Crippen LogP contribution in [-0.2, 0) is 9.59 Å². The van der Waals surface area contributed by atoms with E-state index >= 15 is 0 Å². The van der Waals surface area contributed by atoms with Gasteiger partial charge in [-0.2, -0.15) is 0 Å². The topological polar surface area (TPSA) is 86.4 Å². The summed E-state index contributed by atoms with van der Waals surface area (Å²) >= 11 is 0. The van der Waals surface area contributed by atoms with Crippen LogP contribution < -0.4 is 20.9 Å². The third kappa shape index (κ3) is 5.03. The Bertz CT molecular complexity index is 644. The van der Waals surface area contributed by atoms with Crippen LogP contribution in [-0.4, -0.2) is 48.5 Å². The number of aromatic nitrogens is 1. The Morgan fingerprint density at radius 2 is 2.04 bits per heavy atom. The lowest BCUT2D eigenvalue weighted by molar-refractivity contribution is -0.120. The first-order chi connectivity index (χ1) is 12.2. The monoisotopic (exact) mass is 415 g/mol. The fourth-order valence-electron chi connectivity index (χ4n) is 4.23. The molecule has 3 fully saturated rings. The van der Waals surface area contributed by atoms with Crippen molar-refractivity contribution in [1.29, 1.82) is 0 Å². The van der Waals surface area contributed by atoms with Crippen molar-refractivity contribution in [2.75, 3.05) is 29.9 Å². The van der Waals surface area contributed by atoms with E-state index < -0.39 is 0 Å². The quantitative estimate of drug-likeness (QED) is 0.699. The molecule has 2 aliphatic heterocycles. The number of carbonyl (C=O) groups excluding carboxylic acids is 2. The molecule has 1 saturated carbocycles. The number of anilines is 2. The van der Waals surface area contributed by atoms with Crippen molar-refractivity contribution in [2.45, 2.75) is 44.2 Å². The molecule has 150 valence electrons. The van der Waals surface area contributed by atoms with Crippen LogP contribution >= 0.6 is 24.8 Å². The molecule has 0 aromatic carbocycles. The molecule has 3 atom stereocenters. The molecule has 3 aliphatic rings. The summed E-state index contributed by atoms with van der Waals surface area (Å²) in [6.45, 7) is 1.71. The van der Waals surface area contributed by atoms with E-state index in [2.05, 4.69) is 20.9 Å². The number of pyridine rings is 1. The molecule has 0 radical (unpaired) electrons. The maximum Gasteiger partial charge on any atom is 0.241 e. The fourth-order valence-corrected chi connectivity index (χ4v) is 4.23. The Morgan fingerprint density at radius 3 is 2.74 bits per heavy atom. The highest BCUT2D eigenvalue weighted by Gasteiger charge is 2.38. The number of amides is 2. The molecular formula is C18H27Cl2N5O2. The number of piperazine rings is 1. The number of halogens is 2. The zero-order chi connectivity index (χ0) is 17.2. The Hall–Kier alpha value is -1.57. The molecule has 7 nitrogen and oxygen atoms in total. The Kier molecular flexibility index (Phi) is 7.70. The van der Waals surface area contributed by atoms with Crippen molar-refractivity contribution < 1.29 is 9.59 Å². The molecule has 3 N–H and O–H groups in total. The number of rotatable bonds is 3. The fraction of sp³-hybridized carbons (Fsp3) is 0.611.